The first kappa shape index (κ1) is 10.0. The topological polar surface area (TPSA) is 24.4 Å². The van der Waals surface area contributed by atoms with Gasteiger partial charge in [0.1, 0.15) is 0 Å². The molecule has 2 rings (SSSR count). The number of nitrogens with one attached hydrogen (secondary N) is 1. The quantitative estimate of drug-likeness (QED) is 0.682. The molecule has 0 radical (unpaired) electrons. The molecule has 1 heterocycles. The summed E-state index contributed by atoms with van der Waals surface area (Å²) in [4.78, 5) is 4.63. The van der Waals surface area contributed by atoms with Crippen LogP contribution in [0.2, 0.25) is 0 Å². The Morgan fingerprint density at radius 1 is 1.14 bits per heavy atom. The Bertz CT molecular complexity index is 210. The van der Waals surface area contributed by atoms with E-state index in [0.717, 1.165) is 12.5 Å². The molecule has 1 aliphatic heterocycles. The predicted molar refractivity (Wildman–Crippen MR) is 60.7 cm³/mol. The van der Waals surface area contributed by atoms with Crippen LogP contribution in [0.5, 0.6) is 0 Å². The van der Waals surface area contributed by atoms with E-state index in [-0.39, 0.29) is 0 Å². The molecule has 0 amide bonds. The van der Waals surface area contributed by atoms with Gasteiger partial charge in [0, 0.05) is 19.0 Å². The first-order chi connectivity index (χ1) is 6.86. The van der Waals surface area contributed by atoms with Crippen LogP contribution in [0, 0.1) is 5.92 Å². The minimum atomic E-state index is 0.715. The van der Waals surface area contributed by atoms with Gasteiger partial charge in [-0.05, 0) is 31.6 Å². The minimum absolute atomic E-state index is 0.715. The van der Waals surface area contributed by atoms with E-state index in [4.69, 9.17) is 0 Å². The average molecular weight is 194 g/mol. The lowest BCUT2D eigenvalue weighted by molar-refractivity contribution is 0.483. The Kier molecular flexibility index (Phi) is 3.44. The molecule has 1 fully saturated rings. The molecule has 14 heavy (non-hydrogen) atoms. The van der Waals surface area contributed by atoms with Crippen molar-refractivity contribution in [2.24, 2.45) is 10.9 Å². The fraction of sp³-hybridized carbons (Fsp3) is 0.917. The summed E-state index contributed by atoms with van der Waals surface area (Å²) in [5, 5.41) is 3.66. The standard InChI is InChI=1S/C12H22N2/c1-10-6-5-7-11(10)14-12-8-3-2-4-9-13-12/h10-11H,2-9H2,1H3,(H,13,14). The van der Waals surface area contributed by atoms with E-state index in [0.29, 0.717) is 6.04 Å². The summed E-state index contributed by atoms with van der Waals surface area (Å²) >= 11 is 0. The first-order valence-corrected chi connectivity index (χ1v) is 6.16. The molecule has 1 N–H and O–H groups in total. The zero-order valence-corrected chi connectivity index (χ0v) is 9.26. The number of amidine groups is 1. The number of rotatable bonds is 1. The average Bonchev–Trinajstić information content (AvgIpc) is 2.44. The number of nitrogens with zero attached hydrogens (tertiary/aromatic N) is 1. The Balaban J connectivity index is 1.85. The van der Waals surface area contributed by atoms with E-state index in [1.54, 1.807) is 0 Å². The van der Waals surface area contributed by atoms with Crippen molar-refractivity contribution in [3.05, 3.63) is 0 Å². The van der Waals surface area contributed by atoms with Gasteiger partial charge in [-0.2, -0.15) is 0 Å². The fourth-order valence-electron chi connectivity index (χ4n) is 2.57. The summed E-state index contributed by atoms with van der Waals surface area (Å²) in [5.41, 5.74) is 0. The summed E-state index contributed by atoms with van der Waals surface area (Å²) in [6.07, 6.45) is 9.29. The molecule has 0 aromatic rings. The second kappa shape index (κ2) is 4.81. The molecule has 0 spiro atoms. The second-order valence-electron chi connectivity index (χ2n) is 4.80. The van der Waals surface area contributed by atoms with Crippen molar-refractivity contribution in [1.29, 1.82) is 0 Å². The molecular weight excluding hydrogens is 172 g/mol. The number of aliphatic imine (C=N–C) groups is 1. The van der Waals surface area contributed by atoms with E-state index < -0.39 is 0 Å². The molecule has 2 heteroatoms. The lowest BCUT2D eigenvalue weighted by atomic mass is 10.1. The smallest absolute Gasteiger partial charge is 0.0965 e. The summed E-state index contributed by atoms with van der Waals surface area (Å²) in [6, 6.07) is 0.715. The summed E-state index contributed by atoms with van der Waals surface area (Å²) in [6.45, 7) is 3.41. The third kappa shape index (κ3) is 2.49. The van der Waals surface area contributed by atoms with Gasteiger partial charge >= 0.3 is 0 Å². The highest BCUT2D eigenvalue weighted by molar-refractivity contribution is 5.82. The van der Waals surface area contributed by atoms with Gasteiger partial charge in [-0.3, -0.25) is 4.99 Å². The van der Waals surface area contributed by atoms with Crippen molar-refractivity contribution in [3.63, 3.8) is 0 Å². The van der Waals surface area contributed by atoms with E-state index in [1.807, 2.05) is 0 Å². The van der Waals surface area contributed by atoms with Crippen molar-refractivity contribution < 1.29 is 0 Å². The van der Waals surface area contributed by atoms with Crippen LogP contribution in [0.1, 0.15) is 51.9 Å². The van der Waals surface area contributed by atoms with Gasteiger partial charge in [0.15, 0.2) is 0 Å². The highest BCUT2D eigenvalue weighted by Gasteiger charge is 2.23. The molecule has 2 unspecified atom stereocenters. The van der Waals surface area contributed by atoms with Gasteiger partial charge in [-0.1, -0.05) is 19.8 Å². The highest BCUT2D eigenvalue weighted by Crippen LogP contribution is 2.25. The Morgan fingerprint density at radius 3 is 2.86 bits per heavy atom. The monoisotopic (exact) mass is 194 g/mol. The van der Waals surface area contributed by atoms with Crippen LogP contribution in [-0.2, 0) is 0 Å². The lowest BCUT2D eigenvalue weighted by Crippen LogP contribution is -2.36. The zero-order chi connectivity index (χ0) is 9.80. The van der Waals surface area contributed by atoms with E-state index >= 15 is 0 Å². The Labute approximate surface area is 87.2 Å². The van der Waals surface area contributed by atoms with E-state index in [1.165, 1.54) is 50.8 Å². The molecular formula is C12H22N2. The van der Waals surface area contributed by atoms with Gasteiger partial charge in [0.05, 0.1) is 5.84 Å². The third-order valence-corrected chi connectivity index (χ3v) is 3.59. The van der Waals surface area contributed by atoms with E-state index in [2.05, 4.69) is 17.2 Å². The van der Waals surface area contributed by atoms with E-state index in [9.17, 15) is 0 Å². The van der Waals surface area contributed by atoms with Gasteiger partial charge < -0.3 is 5.32 Å². The number of hydrogen-bond acceptors (Lipinski definition) is 2. The van der Waals surface area contributed by atoms with Crippen molar-refractivity contribution in [2.45, 2.75) is 57.9 Å². The number of hydrogen-bond donors (Lipinski definition) is 1. The molecule has 2 atom stereocenters. The molecule has 2 nitrogen and oxygen atoms in total. The van der Waals surface area contributed by atoms with Gasteiger partial charge in [0.2, 0.25) is 0 Å². The zero-order valence-electron chi connectivity index (χ0n) is 9.26. The van der Waals surface area contributed by atoms with Crippen LogP contribution in [0.15, 0.2) is 4.99 Å². The maximum absolute atomic E-state index is 4.63. The van der Waals surface area contributed by atoms with Crippen LogP contribution in [0.4, 0.5) is 0 Å². The van der Waals surface area contributed by atoms with Crippen molar-refractivity contribution in [3.8, 4) is 0 Å². The van der Waals surface area contributed by atoms with Crippen LogP contribution in [0.3, 0.4) is 0 Å². The van der Waals surface area contributed by atoms with Crippen LogP contribution >= 0.6 is 0 Å². The maximum Gasteiger partial charge on any atom is 0.0965 e. The molecule has 0 aromatic carbocycles. The summed E-state index contributed by atoms with van der Waals surface area (Å²) < 4.78 is 0. The molecule has 2 aliphatic rings. The Hall–Kier alpha value is -0.530. The molecule has 80 valence electrons. The normalized spacial score (nSPS) is 33.6. The van der Waals surface area contributed by atoms with Gasteiger partial charge in [-0.15, -0.1) is 0 Å². The van der Waals surface area contributed by atoms with Crippen LogP contribution in [-0.4, -0.2) is 18.4 Å². The van der Waals surface area contributed by atoms with Crippen molar-refractivity contribution in [1.82, 2.24) is 5.32 Å². The highest BCUT2D eigenvalue weighted by atomic mass is 15.0. The molecule has 0 bridgehead atoms. The van der Waals surface area contributed by atoms with Gasteiger partial charge in [-0.25, -0.2) is 0 Å². The summed E-state index contributed by atoms with van der Waals surface area (Å²) in [5.74, 6) is 2.14. The maximum atomic E-state index is 4.63. The van der Waals surface area contributed by atoms with Crippen LogP contribution in [0.25, 0.3) is 0 Å². The Morgan fingerprint density at radius 2 is 2.07 bits per heavy atom. The molecule has 1 saturated carbocycles. The largest absolute Gasteiger partial charge is 0.371 e. The minimum Gasteiger partial charge on any atom is -0.371 e. The molecule has 0 saturated heterocycles. The third-order valence-electron chi connectivity index (χ3n) is 3.59. The molecule has 0 aromatic heterocycles. The second-order valence-corrected chi connectivity index (χ2v) is 4.80. The predicted octanol–water partition coefficient (Wildman–Crippen LogP) is 2.74. The van der Waals surface area contributed by atoms with Crippen molar-refractivity contribution >= 4 is 5.84 Å². The fourth-order valence-corrected chi connectivity index (χ4v) is 2.57. The SMILES string of the molecule is CC1CCCC1NC1=NCCCCC1. The summed E-state index contributed by atoms with van der Waals surface area (Å²) in [7, 11) is 0. The van der Waals surface area contributed by atoms with Crippen LogP contribution < -0.4 is 5.32 Å². The van der Waals surface area contributed by atoms with Gasteiger partial charge in [0.25, 0.3) is 0 Å². The van der Waals surface area contributed by atoms with Crippen molar-refractivity contribution in [2.75, 3.05) is 6.54 Å². The lowest BCUT2D eigenvalue weighted by Gasteiger charge is -2.19. The first-order valence-electron chi connectivity index (χ1n) is 6.16. The molecule has 1 aliphatic carbocycles.